The van der Waals surface area contributed by atoms with Crippen LogP contribution in [0.15, 0.2) is 48.0 Å². The number of allylic oxidation sites excluding steroid dienone is 1. The van der Waals surface area contributed by atoms with Gasteiger partial charge in [0.1, 0.15) is 6.67 Å². The molecular formula is C22H26F2N4S. The van der Waals surface area contributed by atoms with Crippen LogP contribution in [0, 0.1) is 18.3 Å². The van der Waals surface area contributed by atoms with Crippen LogP contribution in [0.5, 0.6) is 0 Å². The third kappa shape index (κ3) is 6.02. The van der Waals surface area contributed by atoms with Gasteiger partial charge in [-0.2, -0.15) is 5.26 Å². The van der Waals surface area contributed by atoms with E-state index in [0.29, 0.717) is 5.57 Å². The van der Waals surface area contributed by atoms with Gasteiger partial charge in [-0.05, 0) is 56.0 Å². The fourth-order valence-corrected chi connectivity index (χ4v) is 3.53. The van der Waals surface area contributed by atoms with E-state index in [4.69, 9.17) is 0 Å². The zero-order valence-corrected chi connectivity index (χ0v) is 17.8. The van der Waals surface area contributed by atoms with Gasteiger partial charge in [-0.15, -0.1) is 0 Å². The van der Waals surface area contributed by atoms with Crippen LogP contribution in [0.2, 0.25) is 0 Å². The van der Waals surface area contributed by atoms with Crippen molar-refractivity contribution in [3.63, 3.8) is 0 Å². The summed E-state index contributed by atoms with van der Waals surface area (Å²) in [5, 5.41) is 9.26. The summed E-state index contributed by atoms with van der Waals surface area (Å²) in [6.07, 6.45) is 1.86. The highest BCUT2D eigenvalue weighted by atomic mass is 32.2. The molecule has 4 nitrogen and oxygen atoms in total. The Labute approximate surface area is 175 Å². The van der Waals surface area contributed by atoms with Crippen molar-refractivity contribution in [2.24, 2.45) is 0 Å². The van der Waals surface area contributed by atoms with Crippen LogP contribution in [0.3, 0.4) is 0 Å². The van der Waals surface area contributed by atoms with Gasteiger partial charge in [0.2, 0.25) is 0 Å². The van der Waals surface area contributed by atoms with E-state index in [-0.39, 0.29) is 12.5 Å². The second-order valence-electron chi connectivity index (χ2n) is 6.87. The Kier molecular flexibility index (Phi) is 8.62. The van der Waals surface area contributed by atoms with E-state index >= 15 is 0 Å². The molecule has 2 rings (SSSR count). The van der Waals surface area contributed by atoms with Crippen molar-refractivity contribution >= 4 is 23.2 Å². The first kappa shape index (κ1) is 22.9. The number of rotatable bonds is 10. The molecular weight excluding hydrogens is 390 g/mol. The van der Waals surface area contributed by atoms with Gasteiger partial charge < -0.3 is 4.90 Å². The summed E-state index contributed by atoms with van der Waals surface area (Å²) in [6, 6.07) is 11.3. The average Bonchev–Trinajstić information content (AvgIpc) is 2.75. The van der Waals surface area contributed by atoms with Crippen molar-refractivity contribution in [3.8, 4) is 6.07 Å². The molecule has 0 aliphatic rings. The van der Waals surface area contributed by atoms with Gasteiger partial charge in [-0.3, -0.25) is 14.1 Å². The summed E-state index contributed by atoms with van der Waals surface area (Å²) in [5.41, 5.74) is 4.09. The average molecular weight is 417 g/mol. The van der Waals surface area contributed by atoms with E-state index in [2.05, 4.69) is 27.3 Å². The quantitative estimate of drug-likeness (QED) is 0.414. The first-order chi connectivity index (χ1) is 13.9. The molecule has 2 unspecified atom stereocenters. The van der Waals surface area contributed by atoms with Gasteiger partial charge in [0.25, 0.3) is 0 Å². The van der Waals surface area contributed by atoms with Gasteiger partial charge in [0.05, 0.1) is 30.1 Å². The molecule has 1 heterocycles. The summed E-state index contributed by atoms with van der Waals surface area (Å²) in [7, 11) is 1.96. The molecule has 0 saturated carbocycles. The summed E-state index contributed by atoms with van der Waals surface area (Å²) in [5.74, 6) is 0. The highest BCUT2D eigenvalue weighted by molar-refractivity contribution is 7.97. The lowest BCUT2D eigenvalue weighted by atomic mass is 10.0. The number of alkyl halides is 2. The summed E-state index contributed by atoms with van der Waals surface area (Å²) in [4.78, 5) is 7.43. The lowest BCUT2D eigenvalue weighted by molar-refractivity contribution is 0.359. The number of anilines is 1. The zero-order valence-electron chi connectivity index (χ0n) is 17.0. The summed E-state index contributed by atoms with van der Waals surface area (Å²) >= 11 is 1.25. The monoisotopic (exact) mass is 416 g/mol. The van der Waals surface area contributed by atoms with E-state index in [1.54, 1.807) is 6.20 Å². The zero-order chi connectivity index (χ0) is 21.4. The second kappa shape index (κ2) is 10.9. The minimum absolute atomic E-state index is 0.0424. The van der Waals surface area contributed by atoms with Gasteiger partial charge in [-0.1, -0.05) is 18.7 Å². The molecule has 0 radical (unpaired) electrons. The molecule has 154 valence electrons. The van der Waals surface area contributed by atoms with Crippen LogP contribution in [0.1, 0.15) is 36.2 Å². The summed E-state index contributed by atoms with van der Waals surface area (Å²) < 4.78 is 28.1. The predicted molar refractivity (Wildman–Crippen MR) is 116 cm³/mol. The van der Waals surface area contributed by atoms with Crippen molar-refractivity contribution in [2.45, 2.75) is 37.2 Å². The van der Waals surface area contributed by atoms with Crippen molar-refractivity contribution in [2.75, 3.05) is 25.3 Å². The number of nitrogens with zero attached hydrogens (tertiary/aromatic N) is 3. The Bertz CT molecular complexity index is 864. The van der Waals surface area contributed by atoms with Crippen LogP contribution in [0.25, 0.3) is 5.57 Å². The molecule has 1 aromatic carbocycles. The predicted octanol–water partition coefficient (Wildman–Crippen LogP) is 5.42. The fourth-order valence-electron chi connectivity index (χ4n) is 2.81. The highest BCUT2D eigenvalue weighted by Gasteiger charge is 2.18. The number of pyridine rings is 1. The molecule has 29 heavy (non-hydrogen) atoms. The van der Waals surface area contributed by atoms with Crippen molar-refractivity contribution < 1.29 is 8.78 Å². The minimum atomic E-state index is -0.614. The van der Waals surface area contributed by atoms with Crippen LogP contribution >= 0.6 is 11.9 Å². The van der Waals surface area contributed by atoms with Crippen LogP contribution in [-0.2, 0) is 0 Å². The molecule has 7 heteroatoms. The Balaban J connectivity index is 2.14. The maximum absolute atomic E-state index is 12.8. The highest BCUT2D eigenvalue weighted by Crippen LogP contribution is 2.32. The van der Waals surface area contributed by atoms with Crippen molar-refractivity contribution in [3.05, 3.63) is 59.9 Å². The van der Waals surface area contributed by atoms with E-state index in [0.717, 1.165) is 27.4 Å². The summed E-state index contributed by atoms with van der Waals surface area (Å²) in [6.45, 7) is 6.73. The Morgan fingerprint density at radius 2 is 2.10 bits per heavy atom. The van der Waals surface area contributed by atoms with E-state index in [9.17, 15) is 14.0 Å². The Morgan fingerprint density at radius 1 is 1.34 bits per heavy atom. The second-order valence-corrected chi connectivity index (χ2v) is 7.78. The lowest BCUT2D eigenvalue weighted by Crippen LogP contribution is -2.26. The largest absolute Gasteiger partial charge is 0.366 e. The Morgan fingerprint density at radius 3 is 2.69 bits per heavy atom. The van der Waals surface area contributed by atoms with Gasteiger partial charge in [-0.25, -0.2) is 4.39 Å². The molecule has 0 fully saturated rings. The van der Waals surface area contributed by atoms with Gasteiger partial charge >= 0.3 is 0 Å². The smallest absolute Gasteiger partial charge is 0.106 e. The SMILES string of the molecule is C=C(C#N)c1ccc(C)cc1N(C)C(C)c1ccc(SNC(CF)CCF)cn1. The molecule has 2 atom stereocenters. The van der Waals surface area contributed by atoms with Crippen molar-refractivity contribution in [1.29, 1.82) is 5.26 Å². The Hall–Kier alpha value is -2.43. The molecule has 1 aromatic heterocycles. The molecule has 2 aromatic rings. The maximum Gasteiger partial charge on any atom is 0.106 e. The number of nitriles is 1. The number of aromatic nitrogens is 1. The van der Waals surface area contributed by atoms with Crippen LogP contribution < -0.4 is 9.62 Å². The van der Waals surface area contributed by atoms with Crippen LogP contribution in [0.4, 0.5) is 14.5 Å². The minimum Gasteiger partial charge on any atom is -0.366 e. The topological polar surface area (TPSA) is 52.0 Å². The van der Waals surface area contributed by atoms with E-state index in [1.165, 1.54) is 11.9 Å². The third-order valence-corrected chi connectivity index (χ3v) is 5.68. The molecule has 0 spiro atoms. The number of nitrogens with one attached hydrogen (secondary N) is 1. The van der Waals surface area contributed by atoms with Crippen molar-refractivity contribution in [1.82, 2.24) is 9.71 Å². The molecule has 0 aliphatic carbocycles. The van der Waals surface area contributed by atoms with E-state index < -0.39 is 19.4 Å². The number of halogens is 2. The molecule has 1 N–H and O–H groups in total. The van der Waals surface area contributed by atoms with Crippen LogP contribution in [-0.4, -0.2) is 31.4 Å². The number of hydrogen-bond acceptors (Lipinski definition) is 5. The van der Waals surface area contributed by atoms with Gasteiger partial charge in [0.15, 0.2) is 0 Å². The first-order valence-electron chi connectivity index (χ1n) is 9.34. The standard InChI is InChI=1S/C22H26F2N4S/c1-15-5-7-20(16(2)13-25)22(11-15)28(4)17(3)21-8-6-19(14-26-21)29-27-18(12-24)9-10-23/h5-8,11,14,17-18,27H,2,9-10,12H2,1,3-4H3. The first-order valence-corrected chi connectivity index (χ1v) is 10.2. The molecule has 0 aliphatic heterocycles. The fraction of sp³-hybridized carbons (Fsp3) is 0.364. The van der Waals surface area contributed by atoms with Gasteiger partial charge in [0, 0.05) is 35.4 Å². The normalized spacial score (nSPS) is 12.8. The van der Waals surface area contributed by atoms with E-state index in [1.807, 2.05) is 51.2 Å². The third-order valence-electron chi connectivity index (χ3n) is 4.75. The number of aryl methyl sites for hydroxylation is 1. The molecule has 0 amide bonds. The molecule has 0 saturated heterocycles. The number of benzene rings is 1. The molecule has 0 bridgehead atoms. The lowest BCUT2D eigenvalue weighted by Gasteiger charge is -2.29. The number of hydrogen-bond donors (Lipinski definition) is 1. The maximum atomic E-state index is 12.8.